The Kier molecular flexibility index (Phi) is 4.57. The van der Waals surface area contributed by atoms with E-state index in [9.17, 15) is 9.90 Å². The number of likely N-dealkylation sites (tertiary alicyclic amines) is 1. The van der Waals surface area contributed by atoms with Crippen LogP contribution in [-0.4, -0.2) is 40.9 Å². The largest absolute Gasteiger partial charge is 0.444 e. The van der Waals surface area contributed by atoms with Crippen molar-refractivity contribution in [3.05, 3.63) is 35.4 Å². The van der Waals surface area contributed by atoms with Crippen molar-refractivity contribution < 1.29 is 14.6 Å². The Morgan fingerprint density at radius 3 is 2.62 bits per heavy atom. The van der Waals surface area contributed by atoms with Crippen LogP contribution in [0.2, 0.25) is 0 Å². The van der Waals surface area contributed by atoms with Gasteiger partial charge in [0, 0.05) is 12.5 Å². The van der Waals surface area contributed by atoms with Crippen LogP contribution in [-0.2, 0) is 4.74 Å². The minimum absolute atomic E-state index is 0.0434. The molecule has 1 aliphatic rings. The number of carbonyl (C=O) groups excluding carboxylic acids is 1. The molecule has 0 aliphatic carbocycles. The summed E-state index contributed by atoms with van der Waals surface area (Å²) >= 11 is 0. The van der Waals surface area contributed by atoms with Gasteiger partial charge in [-0.25, -0.2) is 4.79 Å². The smallest absolute Gasteiger partial charge is 0.410 e. The molecule has 1 saturated heterocycles. The lowest BCUT2D eigenvalue weighted by atomic mass is 9.89. The Balaban J connectivity index is 2.18. The number of aryl methyl sites for hydroxylation is 1. The third-order valence-electron chi connectivity index (χ3n) is 3.95. The maximum Gasteiger partial charge on any atom is 0.410 e. The topological polar surface area (TPSA) is 49.8 Å². The van der Waals surface area contributed by atoms with Crippen molar-refractivity contribution in [3.63, 3.8) is 0 Å². The molecule has 0 unspecified atom stereocenters. The number of ether oxygens (including phenoxy) is 1. The molecule has 1 aromatic rings. The van der Waals surface area contributed by atoms with E-state index in [-0.39, 0.29) is 24.7 Å². The standard InChI is InChI=1S/C17H25NO3/c1-12-7-5-6-8-13(12)14-9-10-18(15(14)11-19)16(20)21-17(2,3)4/h5-8,14-15,19H,9-11H2,1-4H3/t14-,15+/m0/s1. The molecule has 1 aromatic carbocycles. The molecule has 0 radical (unpaired) electrons. The maximum absolute atomic E-state index is 12.3. The molecular weight excluding hydrogens is 266 g/mol. The van der Waals surface area contributed by atoms with E-state index in [1.54, 1.807) is 4.90 Å². The first-order valence-corrected chi connectivity index (χ1v) is 7.49. The van der Waals surface area contributed by atoms with Crippen LogP contribution in [0, 0.1) is 6.92 Å². The quantitative estimate of drug-likeness (QED) is 0.911. The molecule has 4 nitrogen and oxygen atoms in total. The summed E-state index contributed by atoms with van der Waals surface area (Å²) in [5.41, 5.74) is 1.90. The van der Waals surface area contributed by atoms with Crippen LogP contribution in [0.15, 0.2) is 24.3 Å². The van der Waals surface area contributed by atoms with Crippen molar-refractivity contribution >= 4 is 6.09 Å². The van der Waals surface area contributed by atoms with Crippen molar-refractivity contribution in [2.24, 2.45) is 0 Å². The summed E-state index contributed by atoms with van der Waals surface area (Å²) in [6.45, 7) is 8.21. The zero-order valence-corrected chi connectivity index (χ0v) is 13.3. The van der Waals surface area contributed by atoms with Gasteiger partial charge in [-0.3, -0.25) is 0 Å². The zero-order chi connectivity index (χ0) is 15.6. The molecule has 1 fully saturated rings. The summed E-state index contributed by atoms with van der Waals surface area (Å²) in [4.78, 5) is 14.0. The fraction of sp³-hybridized carbons (Fsp3) is 0.588. The first-order valence-electron chi connectivity index (χ1n) is 7.49. The molecule has 116 valence electrons. The molecule has 4 heteroatoms. The molecule has 1 amide bonds. The lowest BCUT2D eigenvalue weighted by Crippen LogP contribution is -2.42. The molecular formula is C17H25NO3. The molecule has 1 N–H and O–H groups in total. The van der Waals surface area contributed by atoms with Crippen LogP contribution in [0.25, 0.3) is 0 Å². The van der Waals surface area contributed by atoms with Crippen LogP contribution < -0.4 is 0 Å². The highest BCUT2D eigenvalue weighted by molar-refractivity contribution is 5.69. The average molecular weight is 291 g/mol. The van der Waals surface area contributed by atoms with Crippen molar-refractivity contribution in [1.82, 2.24) is 4.90 Å². The van der Waals surface area contributed by atoms with Crippen LogP contribution in [0.5, 0.6) is 0 Å². The van der Waals surface area contributed by atoms with Crippen LogP contribution in [0.4, 0.5) is 4.79 Å². The predicted octanol–water partition coefficient (Wildman–Crippen LogP) is 3.08. The lowest BCUT2D eigenvalue weighted by molar-refractivity contribution is 0.0165. The highest BCUT2D eigenvalue weighted by Gasteiger charge is 2.39. The van der Waals surface area contributed by atoms with E-state index in [1.807, 2.05) is 32.9 Å². The number of hydrogen-bond donors (Lipinski definition) is 1. The highest BCUT2D eigenvalue weighted by Crippen LogP contribution is 2.35. The fourth-order valence-corrected chi connectivity index (χ4v) is 2.99. The molecule has 0 saturated carbocycles. The molecule has 0 spiro atoms. The molecule has 21 heavy (non-hydrogen) atoms. The molecule has 1 aliphatic heterocycles. The van der Waals surface area contributed by atoms with E-state index in [4.69, 9.17) is 4.74 Å². The third kappa shape index (κ3) is 3.56. The summed E-state index contributed by atoms with van der Waals surface area (Å²) in [5, 5.41) is 9.76. The molecule has 2 atom stereocenters. The predicted molar refractivity (Wildman–Crippen MR) is 82.4 cm³/mol. The molecule has 0 aromatic heterocycles. The van der Waals surface area contributed by atoms with Crippen molar-refractivity contribution in [2.75, 3.05) is 13.2 Å². The minimum Gasteiger partial charge on any atom is -0.444 e. The molecule has 1 heterocycles. The van der Waals surface area contributed by atoms with Crippen LogP contribution >= 0.6 is 0 Å². The number of amides is 1. The van der Waals surface area contributed by atoms with E-state index in [0.29, 0.717) is 6.54 Å². The second-order valence-corrected chi connectivity index (χ2v) is 6.68. The van der Waals surface area contributed by atoms with E-state index < -0.39 is 5.60 Å². The average Bonchev–Trinajstić information content (AvgIpc) is 2.80. The van der Waals surface area contributed by atoms with Gasteiger partial charge in [0.05, 0.1) is 12.6 Å². The van der Waals surface area contributed by atoms with Gasteiger partial charge in [-0.05, 0) is 45.2 Å². The Morgan fingerprint density at radius 1 is 1.38 bits per heavy atom. The van der Waals surface area contributed by atoms with Gasteiger partial charge in [0.1, 0.15) is 5.60 Å². The third-order valence-corrected chi connectivity index (χ3v) is 3.95. The van der Waals surface area contributed by atoms with E-state index >= 15 is 0 Å². The molecule has 2 rings (SSSR count). The maximum atomic E-state index is 12.3. The Hall–Kier alpha value is -1.55. The van der Waals surface area contributed by atoms with Gasteiger partial charge in [-0.15, -0.1) is 0 Å². The van der Waals surface area contributed by atoms with Gasteiger partial charge in [0.25, 0.3) is 0 Å². The Morgan fingerprint density at radius 2 is 2.05 bits per heavy atom. The zero-order valence-electron chi connectivity index (χ0n) is 13.3. The van der Waals surface area contributed by atoms with Crippen molar-refractivity contribution in [1.29, 1.82) is 0 Å². The van der Waals surface area contributed by atoms with Crippen molar-refractivity contribution in [2.45, 2.75) is 51.7 Å². The fourth-order valence-electron chi connectivity index (χ4n) is 2.99. The number of hydrogen-bond acceptors (Lipinski definition) is 3. The summed E-state index contributed by atoms with van der Waals surface area (Å²) in [5.74, 6) is 0.170. The molecule has 0 bridgehead atoms. The number of aliphatic hydroxyl groups excluding tert-OH is 1. The Bertz CT molecular complexity index is 507. The second kappa shape index (κ2) is 6.06. The second-order valence-electron chi connectivity index (χ2n) is 6.68. The first kappa shape index (κ1) is 15.8. The minimum atomic E-state index is -0.516. The summed E-state index contributed by atoms with van der Waals surface area (Å²) in [6, 6.07) is 7.96. The van der Waals surface area contributed by atoms with Crippen LogP contribution in [0.3, 0.4) is 0 Å². The van der Waals surface area contributed by atoms with Crippen LogP contribution in [0.1, 0.15) is 44.2 Å². The number of carbonyl (C=O) groups is 1. The van der Waals surface area contributed by atoms with Gasteiger partial charge in [0.15, 0.2) is 0 Å². The number of nitrogens with zero attached hydrogens (tertiary/aromatic N) is 1. The first-order chi connectivity index (χ1) is 9.83. The number of benzene rings is 1. The van der Waals surface area contributed by atoms with E-state index in [1.165, 1.54) is 11.1 Å². The van der Waals surface area contributed by atoms with Gasteiger partial charge in [-0.1, -0.05) is 24.3 Å². The van der Waals surface area contributed by atoms with Gasteiger partial charge in [0.2, 0.25) is 0 Å². The summed E-state index contributed by atoms with van der Waals surface area (Å²) in [7, 11) is 0. The van der Waals surface area contributed by atoms with E-state index in [0.717, 1.165) is 6.42 Å². The number of rotatable bonds is 2. The monoisotopic (exact) mass is 291 g/mol. The Labute approximate surface area is 126 Å². The van der Waals surface area contributed by atoms with Crippen molar-refractivity contribution in [3.8, 4) is 0 Å². The number of aliphatic hydroxyl groups is 1. The normalized spacial score (nSPS) is 22.4. The van der Waals surface area contributed by atoms with Gasteiger partial charge < -0.3 is 14.7 Å². The SMILES string of the molecule is Cc1ccccc1[C@@H]1CCN(C(=O)OC(C)(C)C)[C@@H]1CO. The lowest BCUT2D eigenvalue weighted by Gasteiger charge is -2.30. The summed E-state index contributed by atoms with van der Waals surface area (Å²) < 4.78 is 5.44. The van der Waals surface area contributed by atoms with Gasteiger partial charge >= 0.3 is 6.09 Å². The van der Waals surface area contributed by atoms with E-state index in [2.05, 4.69) is 19.1 Å². The summed E-state index contributed by atoms with van der Waals surface area (Å²) in [6.07, 6.45) is 0.521. The van der Waals surface area contributed by atoms with Gasteiger partial charge in [-0.2, -0.15) is 0 Å². The highest BCUT2D eigenvalue weighted by atomic mass is 16.6.